The van der Waals surface area contributed by atoms with Crippen LogP contribution in [-0.4, -0.2) is 30.1 Å². The molecule has 2 atom stereocenters. The molecule has 5 heteroatoms. The molecule has 1 unspecified atom stereocenters. The van der Waals surface area contributed by atoms with Crippen molar-refractivity contribution in [1.82, 2.24) is 5.32 Å². The number of esters is 1. The summed E-state index contributed by atoms with van der Waals surface area (Å²) >= 11 is 0. The van der Waals surface area contributed by atoms with Crippen LogP contribution in [-0.2, 0) is 20.7 Å². The summed E-state index contributed by atoms with van der Waals surface area (Å²) in [5, 5.41) is 12.4. The maximum atomic E-state index is 12.6. The van der Waals surface area contributed by atoms with Crippen molar-refractivity contribution in [3.63, 3.8) is 0 Å². The fraction of sp³-hybridized carbons (Fsp3) is 0.579. The zero-order valence-corrected chi connectivity index (χ0v) is 14.5. The van der Waals surface area contributed by atoms with E-state index in [1.54, 1.807) is 18.2 Å². The summed E-state index contributed by atoms with van der Waals surface area (Å²) in [6, 6.07) is 5.94. The van der Waals surface area contributed by atoms with E-state index in [4.69, 9.17) is 4.74 Å². The largest absolute Gasteiger partial charge is 0.508 e. The van der Waals surface area contributed by atoms with Gasteiger partial charge in [-0.15, -0.1) is 0 Å². The van der Waals surface area contributed by atoms with Gasteiger partial charge in [0, 0.05) is 12.3 Å². The minimum absolute atomic E-state index is 0.0996. The molecule has 1 fully saturated rings. The molecule has 2 rings (SSSR count). The van der Waals surface area contributed by atoms with E-state index in [1.165, 1.54) is 26.4 Å². The Morgan fingerprint density at radius 2 is 2.00 bits per heavy atom. The Morgan fingerprint density at radius 1 is 1.29 bits per heavy atom. The van der Waals surface area contributed by atoms with Crippen LogP contribution < -0.4 is 5.32 Å². The molecule has 1 saturated carbocycles. The van der Waals surface area contributed by atoms with E-state index in [2.05, 4.69) is 5.32 Å². The number of aromatic hydroxyl groups is 1. The van der Waals surface area contributed by atoms with Crippen LogP contribution >= 0.6 is 0 Å². The van der Waals surface area contributed by atoms with E-state index >= 15 is 0 Å². The average Bonchev–Trinajstić information content (AvgIpc) is 2.60. The Balaban J connectivity index is 2.02. The number of nitrogens with one attached hydrogen (secondary N) is 1. The molecule has 1 amide bonds. The van der Waals surface area contributed by atoms with Gasteiger partial charge in [0.2, 0.25) is 5.91 Å². The molecule has 0 bridgehead atoms. The van der Waals surface area contributed by atoms with E-state index in [0.717, 1.165) is 18.4 Å². The van der Waals surface area contributed by atoms with Gasteiger partial charge < -0.3 is 15.2 Å². The first-order valence-electron chi connectivity index (χ1n) is 8.67. The number of carbonyl (C=O) groups excluding carboxylic acids is 2. The number of rotatable bonds is 6. The Bertz CT molecular complexity index is 566. The van der Waals surface area contributed by atoms with Gasteiger partial charge in [0.1, 0.15) is 11.8 Å². The average molecular weight is 333 g/mol. The van der Waals surface area contributed by atoms with Crippen LogP contribution in [0.25, 0.3) is 0 Å². The summed E-state index contributed by atoms with van der Waals surface area (Å²) in [6.45, 7) is 1.94. The lowest BCUT2D eigenvalue weighted by atomic mass is 9.80. The molecule has 24 heavy (non-hydrogen) atoms. The molecule has 5 nitrogen and oxygen atoms in total. The molecule has 0 saturated heterocycles. The van der Waals surface area contributed by atoms with Crippen LogP contribution in [0.4, 0.5) is 0 Å². The van der Waals surface area contributed by atoms with Crippen LogP contribution in [0, 0.1) is 11.8 Å². The minimum atomic E-state index is -0.740. The van der Waals surface area contributed by atoms with Gasteiger partial charge in [-0.2, -0.15) is 0 Å². The van der Waals surface area contributed by atoms with Crippen molar-refractivity contribution in [1.29, 1.82) is 0 Å². The number of carbonyl (C=O) groups is 2. The van der Waals surface area contributed by atoms with E-state index in [-0.39, 0.29) is 17.6 Å². The number of benzene rings is 1. The summed E-state index contributed by atoms with van der Waals surface area (Å²) in [5.74, 6) is -0.155. The quantitative estimate of drug-likeness (QED) is 0.785. The third-order valence-electron chi connectivity index (χ3n) is 4.92. The van der Waals surface area contributed by atoms with E-state index in [1.807, 2.05) is 13.0 Å². The van der Waals surface area contributed by atoms with Gasteiger partial charge in [0.15, 0.2) is 0 Å². The molecule has 1 aromatic carbocycles. The highest BCUT2D eigenvalue weighted by atomic mass is 16.5. The zero-order valence-electron chi connectivity index (χ0n) is 14.5. The van der Waals surface area contributed by atoms with Crippen LogP contribution in [0.1, 0.15) is 44.6 Å². The van der Waals surface area contributed by atoms with Gasteiger partial charge in [0.05, 0.1) is 7.11 Å². The predicted molar refractivity (Wildman–Crippen MR) is 91.5 cm³/mol. The summed E-state index contributed by atoms with van der Waals surface area (Å²) in [6.07, 6.45) is 6.03. The molecule has 0 heterocycles. The lowest BCUT2D eigenvalue weighted by molar-refractivity contribution is -0.145. The van der Waals surface area contributed by atoms with Crippen LogP contribution in [0.5, 0.6) is 5.75 Å². The topological polar surface area (TPSA) is 75.6 Å². The van der Waals surface area contributed by atoms with E-state index in [0.29, 0.717) is 12.3 Å². The number of methoxy groups -OCH3 is 1. The third kappa shape index (κ3) is 4.98. The fourth-order valence-corrected chi connectivity index (χ4v) is 3.41. The van der Waals surface area contributed by atoms with Crippen LogP contribution in [0.15, 0.2) is 24.3 Å². The molecule has 0 aliphatic heterocycles. The highest BCUT2D eigenvalue weighted by Gasteiger charge is 2.29. The first kappa shape index (κ1) is 18.3. The first-order valence-corrected chi connectivity index (χ1v) is 8.67. The van der Waals surface area contributed by atoms with Gasteiger partial charge >= 0.3 is 5.97 Å². The smallest absolute Gasteiger partial charge is 0.328 e. The molecular weight excluding hydrogens is 306 g/mol. The monoisotopic (exact) mass is 333 g/mol. The van der Waals surface area contributed by atoms with Crippen molar-refractivity contribution in [2.24, 2.45) is 11.8 Å². The SMILES string of the molecule is COC(=O)C(Cc1cccc(O)c1)NC(=O)[C@@H](C)C1CCCCC1. The lowest BCUT2D eigenvalue weighted by Crippen LogP contribution is -2.46. The summed E-state index contributed by atoms with van der Waals surface area (Å²) in [4.78, 5) is 24.6. The van der Waals surface area contributed by atoms with Crippen molar-refractivity contribution >= 4 is 11.9 Å². The Morgan fingerprint density at radius 3 is 2.62 bits per heavy atom. The molecular formula is C19H27NO4. The summed E-state index contributed by atoms with van der Waals surface area (Å²) < 4.78 is 4.82. The van der Waals surface area contributed by atoms with Gasteiger partial charge in [-0.05, 0) is 36.5 Å². The van der Waals surface area contributed by atoms with Gasteiger partial charge in [-0.25, -0.2) is 4.79 Å². The Labute approximate surface area is 143 Å². The van der Waals surface area contributed by atoms with Crippen molar-refractivity contribution in [2.45, 2.75) is 51.5 Å². The van der Waals surface area contributed by atoms with E-state index < -0.39 is 12.0 Å². The van der Waals surface area contributed by atoms with Crippen molar-refractivity contribution in [3.8, 4) is 5.75 Å². The first-order chi connectivity index (χ1) is 11.5. The highest BCUT2D eigenvalue weighted by Crippen LogP contribution is 2.30. The molecule has 132 valence electrons. The van der Waals surface area contributed by atoms with Crippen molar-refractivity contribution in [3.05, 3.63) is 29.8 Å². The second-order valence-corrected chi connectivity index (χ2v) is 6.65. The Kier molecular flexibility index (Phi) is 6.64. The molecule has 1 aromatic rings. The van der Waals surface area contributed by atoms with Crippen LogP contribution in [0.3, 0.4) is 0 Å². The van der Waals surface area contributed by atoms with Crippen molar-refractivity contribution in [2.75, 3.05) is 7.11 Å². The predicted octanol–water partition coefficient (Wildman–Crippen LogP) is 2.81. The second kappa shape index (κ2) is 8.71. The molecule has 1 aliphatic carbocycles. The summed E-state index contributed by atoms with van der Waals surface area (Å²) in [5.41, 5.74) is 0.774. The van der Waals surface area contributed by atoms with Crippen LogP contribution in [0.2, 0.25) is 0 Å². The standard InChI is InChI=1S/C19H27NO4/c1-13(15-8-4-3-5-9-15)18(22)20-17(19(23)24-2)12-14-7-6-10-16(21)11-14/h6-7,10-11,13,15,17,21H,3-5,8-9,12H2,1-2H3,(H,20,22)/t13-,17?/m0/s1. The zero-order chi connectivity index (χ0) is 17.5. The number of ether oxygens (including phenoxy) is 1. The maximum Gasteiger partial charge on any atom is 0.328 e. The summed E-state index contributed by atoms with van der Waals surface area (Å²) in [7, 11) is 1.31. The molecule has 0 spiro atoms. The minimum Gasteiger partial charge on any atom is -0.508 e. The molecule has 0 radical (unpaired) electrons. The molecule has 2 N–H and O–H groups in total. The fourth-order valence-electron chi connectivity index (χ4n) is 3.41. The van der Waals surface area contributed by atoms with Gasteiger partial charge in [0.25, 0.3) is 0 Å². The number of amides is 1. The Hall–Kier alpha value is -2.04. The number of hydrogen-bond donors (Lipinski definition) is 2. The number of phenols is 1. The number of hydrogen-bond acceptors (Lipinski definition) is 4. The lowest BCUT2D eigenvalue weighted by Gasteiger charge is -2.28. The van der Waals surface area contributed by atoms with E-state index in [9.17, 15) is 14.7 Å². The third-order valence-corrected chi connectivity index (χ3v) is 4.92. The highest BCUT2D eigenvalue weighted by molar-refractivity contribution is 5.85. The second-order valence-electron chi connectivity index (χ2n) is 6.65. The maximum absolute atomic E-state index is 12.6. The van der Waals surface area contributed by atoms with Crippen molar-refractivity contribution < 1.29 is 19.4 Å². The van der Waals surface area contributed by atoms with Gasteiger partial charge in [-0.3, -0.25) is 4.79 Å². The normalized spacial score (nSPS) is 17.8. The number of phenolic OH excluding ortho intramolecular Hbond substituents is 1. The van der Waals surface area contributed by atoms with Gasteiger partial charge in [-0.1, -0.05) is 38.3 Å². The molecule has 1 aliphatic rings. The molecule has 0 aromatic heterocycles.